The van der Waals surface area contributed by atoms with E-state index in [1.807, 2.05) is 0 Å². The highest BCUT2D eigenvalue weighted by atomic mass is 35.5. The summed E-state index contributed by atoms with van der Waals surface area (Å²) in [5, 5.41) is 0.556. The van der Waals surface area contributed by atoms with Gasteiger partial charge in [-0.3, -0.25) is 14.3 Å². The quantitative estimate of drug-likeness (QED) is 0.789. The van der Waals surface area contributed by atoms with Gasteiger partial charge in [0.1, 0.15) is 11.6 Å². The summed E-state index contributed by atoms with van der Waals surface area (Å²) in [6.45, 7) is 0. The largest absolute Gasteiger partial charge is 0.497 e. The van der Waals surface area contributed by atoms with Gasteiger partial charge in [0, 0.05) is 11.1 Å². The standard InChI is InChI=1S/C15H10ClFN2O3/c1-22-9-3-5-11(17)13(7-9)19-12-6-8(16)2-4-10(12)14(20)18-15(19)21/h2-7H,1H3,(H,18,20,21). The molecule has 0 saturated heterocycles. The Kier molecular flexibility index (Phi) is 3.46. The van der Waals surface area contributed by atoms with Crippen LogP contribution in [0.3, 0.4) is 0 Å². The van der Waals surface area contributed by atoms with E-state index in [4.69, 9.17) is 16.3 Å². The third-order valence-corrected chi connectivity index (χ3v) is 3.50. The van der Waals surface area contributed by atoms with Gasteiger partial charge in [0.2, 0.25) is 0 Å². The van der Waals surface area contributed by atoms with Crippen molar-refractivity contribution in [1.82, 2.24) is 9.55 Å². The first-order chi connectivity index (χ1) is 10.5. The van der Waals surface area contributed by atoms with Crippen LogP contribution >= 0.6 is 11.6 Å². The van der Waals surface area contributed by atoms with Gasteiger partial charge in [0.25, 0.3) is 5.56 Å². The molecule has 0 saturated carbocycles. The predicted molar refractivity (Wildman–Crippen MR) is 81.7 cm³/mol. The highest BCUT2D eigenvalue weighted by Gasteiger charge is 2.14. The molecule has 0 aliphatic heterocycles. The second kappa shape index (κ2) is 5.31. The van der Waals surface area contributed by atoms with Crippen LogP contribution < -0.4 is 16.0 Å². The van der Waals surface area contributed by atoms with Crippen LogP contribution in [-0.2, 0) is 0 Å². The summed E-state index contributed by atoms with van der Waals surface area (Å²) in [5.74, 6) is -0.249. The molecule has 2 aromatic carbocycles. The smallest absolute Gasteiger partial charge is 0.333 e. The zero-order valence-electron chi connectivity index (χ0n) is 11.4. The van der Waals surface area contributed by atoms with Crippen LogP contribution in [0.1, 0.15) is 0 Å². The van der Waals surface area contributed by atoms with Gasteiger partial charge in [-0.05, 0) is 30.3 Å². The van der Waals surface area contributed by atoms with Crippen molar-refractivity contribution in [1.29, 1.82) is 0 Å². The average molecular weight is 321 g/mol. The van der Waals surface area contributed by atoms with Crippen molar-refractivity contribution in [3.8, 4) is 11.4 Å². The predicted octanol–water partition coefficient (Wildman–Crippen LogP) is 2.48. The molecule has 0 aliphatic carbocycles. The van der Waals surface area contributed by atoms with E-state index in [0.717, 1.165) is 4.57 Å². The first-order valence-electron chi connectivity index (χ1n) is 6.30. The molecule has 3 aromatic rings. The molecule has 3 rings (SSSR count). The maximum Gasteiger partial charge on any atom is 0.333 e. The fourth-order valence-electron chi connectivity index (χ4n) is 2.24. The molecule has 0 fully saturated rings. The van der Waals surface area contributed by atoms with Gasteiger partial charge in [-0.2, -0.15) is 0 Å². The number of rotatable bonds is 2. The Morgan fingerprint density at radius 2 is 1.95 bits per heavy atom. The van der Waals surface area contributed by atoms with Gasteiger partial charge in [-0.15, -0.1) is 0 Å². The number of nitrogens with one attached hydrogen (secondary N) is 1. The molecule has 5 nitrogen and oxygen atoms in total. The molecule has 0 aliphatic rings. The van der Waals surface area contributed by atoms with Crippen LogP contribution in [0, 0.1) is 5.82 Å². The molecular weight excluding hydrogens is 311 g/mol. The Morgan fingerprint density at radius 1 is 1.18 bits per heavy atom. The summed E-state index contributed by atoms with van der Waals surface area (Å²) in [7, 11) is 1.43. The van der Waals surface area contributed by atoms with Crippen molar-refractivity contribution < 1.29 is 9.13 Å². The minimum absolute atomic E-state index is 0.0344. The summed E-state index contributed by atoms with van der Waals surface area (Å²) < 4.78 is 20.3. The van der Waals surface area contributed by atoms with Crippen LogP contribution in [0.25, 0.3) is 16.6 Å². The number of hydrogen-bond acceptors (Lipinski definition) is 3. The summed E-state index contributed by atoms with van der Waals surface area (Å²) in [6.07, 6.45) is 0. The summed E-state index contributed by atoms with van der Waals surface area (Å²) in [4.78, 5) is 26.2. The molecule has 22 heavy (non-hydrogen) atoms. The van der Waals surface area contributed by atoms with Gasteiger partial charge in [0.15, 0.2) is 0 Å². The van der Waals surface area contributed by atoms with Crippen LogP contribution in [0.5, 0.6) is 5.75 Å². The lowest BCUT2D eigenvalue weighted by Gasteiger charge is -2.12. The lowest BCUT2D eigenvalue weighted by Crippen LogP contribution is -2.29. The normalized spacial score (nSPS) is 10.9. The number of halogens is 2. The van der Waals surface area contributed by atoms with Gasteiger partial charge in [-0.1, -0.05) is 11.6 Å². The van der Waals surface area contributed by atoms with Crippen molar-refractivity contribution in [3.05, 3.63) is 68.1 Å². The molecular formula is C15H10ClFN2O3. The van der Waals surface area contributed by atoms with Crippen molar-refractivity contribution in [2.45, 2.75) is 0 Å². The lowest BCUT2D eigenvalue weighted by atomic mass is 10.2. The van der Waals surface area contributed by atoms with E-state index in [1.165, 1.54) is 43.5 Å². The monoisotopic (exact) mass is 320 g/mol. The van der Waals surface area contributed by atoms with E-state index in [1.54, 1.807) is 0 Å². The van der Waals surface area contributed by atoms with Crippen molar-refractivity contribution in [2.75, 3.05) is 7.11 Å². The molecule has 0 atom stereocenters. The van der Waals surface area contributed by atoms with Crippen molar-refractivity contribution in [2.24, 2.45) is 0 Å². The lowest BCUT2D eigenvalue weighted by molar-refractivity contribution is 0.413. The first-order valence-corrected chi connectivity index (χ1v) is 6.67. The van der Waals surface area contributed by atoms with E-state index < -0.39 is 17.1 Å². The number of ether oxygens (including phenoxy) is 1. The van der Waals surface area contributed by atoms with Gasteiger partial charge >= 0.3 is 5.69 Å². The number of methoxy groups -OCH3 is 1. The SMILES string of the molecule is COc1ccc(F)c(-n2c(=O)[nH]c(=O)c3ccc(Cl)cc32)c1. The van der Waals surface area contributed by atoms with E-state index in [9.17, 15) is 14.0 Å². The topological polar surface area (TPSA) is 64.1 Å². The van der Waals surface area contributed by atoms with Gasteiger partial charge in [0.05, 0.1) is 23.7 Å². The zero-order valence-corrected chi connectivity index (χ0v) is 12.1. The minimum Gasteiger partial charge on any atom is -0.497 e. The summed E-state index contributed by atoms with van der Waals surface area (Å²) in [5.41, 5.74) is -1.13. The Labute approximate surface area is 128 Å². The molecule has 7 heteroatoms. The number of hydrogen-bond donors (Lipinski definition) is 1. The zero-order chi connectivity index (χ0) is 15.9. The molecule has 0 spiro atoms. The maximum atomic E-state index is 14.2. The molecule has 0 radical (unpaired) electrons. The molecule has 1 N–H and O–H groups in total. The minimum atomic E-state index is -0.757. The summed E-state index contributed by atoms with van der Waals surface area (Å²) >= 11 is 5.94. The number of benzene rings is 2. The second-order valence-electron chi connectivity index (χ2n) is 4.57. The second-order valence-corrected chi connectivity index (χ2v) is 5.01. The van der Waals surface area contributed by atoms with Crippen LogP contribution in [-0.4, -0.2) is 16.7 Å². The third kappa shape index (κ3) is 2.27. The fraction of sp³-hybridized carbons (Fsp3) is 0.0667. The van der Waals surface area contributed by atoms with Crippen molar-refractivity contribution >= 4 is 22.5 Å². The Morgan fingerprint density at radius 3 is 2.68 bits per heavy atom. The van der Waals surface area contributed by atoms with Gasteiger partial charge in [-0.25, -0.2) is 9.18 Å². The van der Waals surface area contributed by atoms with Gasteiger partial charge < -0.3 is 4.74 Å². The number of nitrogens with zero attached hydrogens (tertiary/aromatic N) is 1. The molecule has 1 heterocycles. The van der Waals surface area contributed by atoms with E-state index >= 15 is 0 Å². The third-order valence-electron chi connectivity index (χ3n) is 3.26. The highest BCUT2D eigenvalue weighted by molar-refractivity contribution is 6.31. The van der Waals surface area contributed by atoms with E-state index in [-0.39, 0.29) is 16.6 Å². The maximum absolute atomic E-state index is 14.2. The van der Waals surface area contributed by atoms with E-state index in [2.05, 4.69) is 4.98 Å². The molecule has 1 aromatic heterocycles. The fourth-order valence-corrected chi connectivity index (χ4v) is 2.41. The number of fused-ring (bicyclic) bond motifs is 1. The van der Waals surface area contributed by atoms with Crippen LogP contribution in [0.2, 0.25) is 5.02 Å². The van der Waals surface area contributed by atoms with Crippen molar-refractivity contribution in [3.63, 3.8) is 0 Å². The number of aromatic nitrogens is 2. The number of aromatic amines is 1. The van der Waals surface area contributed by atoms with E-state index in [0.29, 0.717) is 10.8 Å². The summed E-state index contributed by atoms with van der Waals surface area (Å²) in [6, 6.07) is 8.43. The highest BCUT2D eigenvalue weighted by Crippen LogP contribution is 2.23. The molecule has 0 amide bonds. The molecule has 0 bridgehead atoms. The van der Waals surface area contributed by atoms with Crippen LogP contribution in [0.15, 0.2) is 46.0 Å². The molecule has 0 unspecified atom stereocenters. The Hall–Kier alpha value is -2.60. The van der Waals surface area contributed by atoms with Crippen LogP contribution in [0.4, 0.5) is 4.39 Å². The molecule has 112 valence electrons. The number of H-pyrrole nitrogens is 1. The Balaban J connectivity index is 2.48. The Bertz CT molecular complexity index is 994. The first kappa shape index (κ1) is 14.3. The average Bonchev–Trinajstić information content (AvgIpc) is 2.48.